The lowest BCUT2D eigenvalue weighted by atomic mass is 9.79. The molecule has 2 nitrogen and oxygen atoms in total. The van der Waals surface area contributed by atoms with E-state index in [-0.39, 0.29) is 17.4 Å². The molecule has 0 saturated carbocycles. The summed E-state index contributed by atoms with van der Waals surface area (Å²) in [4.78, 5) is 12.3. The van der Waals surface area contributed by atoms with Gasteiger partial charge in [0.2, 0.25) is 5.91 Å². The zero-order valence-electron chi connectivity index (χ0n) is 16.2. The molecule has 0 fully saturated rings. The van der Waals surface area contributed by atoms with E-state index in [0.29, 0.717) is 6.42 Å². The van der Waals surface area contributed by atoms with Gasteiger partial charge in [0.15, 0.2) is 0 Å². The molecule has 2 heteroatoms. The summed E-state index contributed by atoms with van der Waals surface area (Å²) in [6.45, 7) is 10.8. The van der Waals surface area contributed by atoms with Gasteiger partial charge < -0.3 is 5.32 Å². The number of hydrogen-bond donors (Lipinski definition) is 1. The lowest BCUT2D eigenvalue weighted by Gasteiger charge is -2.29. The molecule has 2 aromatic rings. The normalized spacial score (nSPS) is 12.7. The smallest absolute Gasteiger partial charge is 0.220 e. The van der Waals surface area contributed by atoms with Gasteiger partial charge in [0, 0.05) is 12.5 Å². The molecule has 1 amide bonds. The molecule has 0 saturated heterocycles. The van der Waals surface area contributed by atoms with Crippen molar-refractivity contribution in [2.45, 2.75) is 65.3 Å². The molecule has 1 N–H and O–H groups in total. The van der Waals surface area contributed by atoms with Crippen LogP contribution in [0.15, 0.2) is 48.5 Å². The highest BCUT2D eigenvalue weighted by Crippen LogP contribution is 2.28. The summed E-state index contributed by atoms with van der Waals surface area (Å²) in [7, 11) is 0. The first-order chi connectivity index (χ1) is 11.8. The Morgan fingerprint density at radius 3 is 2.36 bits per heavy atom. The van der Waals surface area contributed by atoms with Crippen LogP contribution in [0.3, 0.4) is 0 Å². The molecule has 134 valence electrons. The first-order valence-electron chi connectivity index (χ1n) is 9.19. The Morgan fingerprint density at radius 2 is 1.72 bits per heavy atom. The summed E-state index contributed by atoms with van der Waals surface area (Å²) in [5.74, 6) is 0.134. The van der Waals surface area contributed by atoms with Gasteiger partial charge in [0.25, 0.3) is 0 Å². The summed E-state index contributed by atoms with van der Waals surface area (Å²) in [6, 6.07) is 17.1. The number of hydrogen-bond acceptors (Lipinski definition) is 1. The number of carbonyl (C=O) groups is 1. The van der Waals surface area contributed by atoms with E-state index in [1.165, 1.54) is 22.3 Å². The van der Waals surface area contributed by atoms with E-state index in [1.807, 2.05) is 6.07 Å². The maximum absolute atomic E-state index is 12.3. The average molecular weight is 338 g/mol. The van der Waals surface area contributed by atoms with Crippen molar-refractivity contribution in [3.8, 4) is 0 Å². The van der Waals surface area contributed by atoms with Gasteiger partial charge in [-0.15, -0.1) is 0 Å². The van der Waals surface area contributed by atoms with Crippen LogP contribution in [0.25, 0.3) is 0 Å². The Kier molecular flexibility index (Phi) is 6.41. The van der Waals surface area contributed by atoms with Gasteiger partial charge in [-0.25, -0.2) is 0 Å². The lowest BCUT2D eigenvalue weighted by Crippen LogP contribution is -2.37. The van der Waals surface area contributed by atoms with Gasteiger partial charge in [0.1, 0.15) is 0 Å². The largest absolute Gasteiger partial charge is 0.354 e. The molecular weight excluding hydrogens is 306 g/mol. The van der Waals surface area contributed by atoms with Crippen LogP contribution in [0.5, 0.6) is 0 Å². The second kappa shape index (κ2) is 8.33. The van der Waals surface area contributed by atoms with E-state index in [2.05, 4.69) is 82.4 Å². The Bertz CT molecular complexity index is 703. The Balaban J connectivity index is 1.84. The van der Waals surface area contributed by atoms with Crippen molar-refractivity contribution in [2.75, 3.05) is 0 Å². The summed E-state index contributed by atoms with van der Waals surface area (Å²) in [5, 5.41) is 3.16. The van der Waals surface area contributed by atoms with Gasteiger partial charge in [-0.05, 0) is 61.3 Å². The van der Waals surface area contributed by atoms with Crippen LogP contribution in [-0.2, 0) is 16.6 Å². The minimum Gasteiger partial charge on any atom is -0.354 e. The third-order valence-electron chi connectivity index (χ3n) is 4.99. The van der Waals surface area contributed by atoms with E-state index in [9.17, 15) is 4.79 Å². The minimum absolute atomic E-state index is 0.0437. The fraction of sp³-hybridized carbons (Fsp3) is 0.435. The summed E-state index contributed by atoms with van der Waals surface area (Å²) >= 11 is 0. The molecule has 0 heterocycles. The molecule has 0 aliphatic rings. The van der Waals surface area contributed by atoms with Crippen LogP contribution in [-0.4, -0.2) is 11.9 Å². The summed E-state index contributed by atoms with van der Waals surface area (Å²) in [6.07, 6.45) is 2.26. The predicted molar refractivity (Wildman–Crippen MR) is 106 cm³/mol. The van der Waals surface area contributed by atoms with E-state index >= 15 is 0 Å². The predicted octanol–water partition coefficient (Wildman–Crippen LogP) is 5.11. The van der Waals surface area contributed by atoms with Gasteiger partial charge >= 0.3 is 0 Å². The summed E-state index contributed by atoms with van der Waals surface area (Å²) in [5.41, 5.74) is 5.17. The lowest BCUT2D eigenvalue weighted by molar-refractivity contribution is -0.121. The molecule has 0 radical (unpaired) electrons. The molecule has 0 unspecified atom stereocenters. The van der Waals surface area contributed by atoms with Crippen molar-refractivity contribution in [2.24, 2.45) is 0 Å². The van der Waals surface area contributed by atoms with Gasteiger partial charge in [-0.3, -0.25) is 4.79 Å². The zero-order chi connectivity index (χ0) is 18.4. The van der Waals surface area contributed by atoms with Crippen LogP contribution >= 0.6 is 0 Å². The number of benzene rings is 2. The van der Waals surface area contributed by atoms with Gasteiger partial charge in [0.05, 0.1) is 0 Å². The van der Waals surface area contributed by atoms with Crippen LogP contribution in [0.1, 0.15) is 55.9 Å². The number of aryl methyl sites for hydroxylation is 3. The Hall–Kier alpha value is -2.09. The van der Waals surface area contributed by atoms with Crippen molar-refractivity contribution < 1.29 is 4.79 Å². The molecule has 25 heavy (non-hydrogen) atoms. The molecule has 0 aliphatic heterocycles. The van der Waals surface area contributed by atoms with E-state index in [0.717, 1.165) is 12.8 Å². The second-order valence-electron chi connectivity index (χ2n) is 7.84. The van der Waals surface area contributed by atoms with Crippen molar-refractivity contribution in [1.82, 2.24) is 5.32 Å². The highest BCUT2D eigenvalue weighted by molar-refractivity contribution is 5.76. The number of carbonyl (C=O) groups excluding carboxylic acids is 1. The highest BCUT2D eigenvalue weighted by Gasteiger charge is 2.23. The number of nitrogens with one attached hydrogen (secondary N) is 1. The fourth-order valence-corrected chi connectivity index (χ4v) is 3.39. The van der Waals surface area contributed by atoms with Crippen molar-refractivity contribution in [3.63, 3.8) is 0 Å². The first-order valence-corrected chi connectivity index (χ1v) is 9.19. The van der Waals surface area contributed by atoms with Gasteiger partial charge in [-0.1, -0.05) is 62.4 Å². The Labute approximate surface area is 152 Å². The third kappa shape index (κ3) is 5.74. The monoisotopic (exact) mass is 337 g/mol. The first kappa shape index (κ1) is 19.2. The maximum Gasteiger partial charge on any atom is 0.220 e. The van der Waals surface area contributed by atoms with Crippen molar-refractivity contribution in [1.29, 1.82) is 0 Å². The quantitative estimate of drug-likeness (QED) is 0.747. The third-order valence-corrected chi connectivity index (χ3v) is 4.99. The SMILES string of the molecule is Cc1ccc(CCC(=O)N[C@@H](C)CC(C)(C)c2ccccc2)cc1C. The number of rotatable bonds is 7. The fourth-order valence-electron chi connectivity index (χ4n) is 3.39. The Morgan fingerprint density at radius 1 is 1.04 bits per heavy atom. The molecule has 0 bridgehead atoms. The van der Waals surface area contributed by atoms with Crippen molar-refractivity contribution in [3.05, 3.63) is 70.8 Å². The zero-order valence-corrected chi connectivity index (χ0v) is 16.2. The maximum atomic E-state index is 12.3. The van der Waals surface area contributed by atoms with Crippen LogP contribution < -0.4 is 5.32 Å². The molecule has 2 aromatic carbocycles. The molecule has 0 aliphatic carbocycles. The molecule has 0 spiro atoms. The molecular formula is C23H31NO. The van der Waals surface area contributed by atoms with Gasteiger partial charge in [-0.2, -0.15) is 0 Å². The van der Waals surface area contributed by atoms with E-state index in [1.54, 1.807) is 0 Å². The van der Waals surface area contributed by atoms with Crippen LogP contribution in [0.2, 0.25) is 0 Å². The average Bonchev–Trinajstić information content (AvgIpc) is 2.56. The molecule has 0 aromatic heterocycles. The van der Waals surface area contributed by atoms with Crippen LogP contribution in [0.4, 0.5) is 0 Å². The standard InChI is InChI=1S/C23H31NO/c1-17-11-12-20(15-18(17)2)13-14-22(25)24-19(3)16-23(4,5)21-9-7-6-8-10-21/h6-12,15,19H,13-14,16H2,1-5H3,(H,24,25)/t19-/m0/s1. The van der Waals surface area contributed by atoms with E-state index < -0.39 is 0 Å². The topological polar surface area (TPSA) is 29.1 Å². The number of amides is 1. The van der Waals surface area contributed by atoms with E-state index in [4.69, 9.17) is 0 Å². The van der Waals surface area contributed by atoms with Crippen molar-refractivity contribution >= 4 is 5.91 Å². The second-order valence-corrected chi connectivity index (χ2v) is 7.84. The highest BCUT2D eigenvalue weighted by atomic mass is 16.1. The van der Waals surface area contributed by atoms with Crippen LogP contribution in [0, 0.1) is 13.8 Å². The summed E-state index contributed by atoms with van der Waals surface area (Å²) < 4.78 is 0. The minimum atomic E-state index is 0.0437. The molecule has 1 atom stereocenters. The molecule has 2 rings (SSSR count).